The number of carbonyl (C=O) groups excluding carboxylic acids is 2. The molecule has 2 aromatic carbocycles. The highest BCUT2D eigenvalue weighted by atomic mass is 127. The highest BCUT2D eigenvalue weighted by Gasteiger charge is 2.47. The van der Waals surface area contributed by atoms with Crippen LogP contribution in [0.25, 0.3) is 0 Å². The van der Waals surface area contributed by atoms with Gasteiger partial charge in [-0.05, 0) is 65.8 Å². The van der Waals surface area contributed by atoms with Gasteiger partial charge in [-0.25, -0.2) is 8.78 Å². The highest BCUT2D eigenvalue weighted by molar-refractivity contribution is 14.1. The Morgan fingerprint density at radius 3 is 2.29 bits per heavy atom. The Morgan fingerprint density at radius 1 is 1.12 bits per heavy atom. The normalized spacial score (nSPS) is 14.4. The van der Waals surface area contributed by atoms with Gasteiger partial charge < -0.3 is 10.6 Å². The summed E-state index contributed by atoms with van der Waals surface area (Å²) in [5.74, 6) is -3.97. The number of rotatable bonds is 8. The smallest absolute Gasteiger partial charge is 0.349 e. The summed E-state index contributed by atoms with van der Waals surface area (Å²) in [7, 11) is -1.14. The first-order valence-corrected chi connectivity index (χ1v) is 12.7. The number of carbonyl (C=O) groups is 2. The van der Waals surface area contributed by atoms with Crippen molar-refractivity contribution in [3.05, 3.63) is 62.2 Å². The van der Waals surface area contributed by atoms with Crippen LogP contribution in [0, 0.1) is 10.5 Å². The van der Waals surface area contributed by atoms with E-state index in [1.807, 2.05) is 22.6 Å². The Morgan fingerprint density at radius 2 is 1.76 bits per heavy atom. The van der Waals surface area contributed by atoms with Gasteiger partial charge in [0.25, 0.3) is 18.2 Å². The van der Waals surface area contributed by atoms with Crippen LogP contribution in [0.15, 0.2) is 36.4 Å². The first-order valence-electron chi connectivity index (χ1n) is 9.88. The fraction of sp³-hybridized carbons (Fsp3) is 0.364. The van der Waals surface area contributed by atoms with Gasteiger partial charge in [0, 0.05) is 38.1 Å². The van der Waals surface area contributed by atoms with Crippen LogP contribution in [0.4, 0.5) is 27.6 Å². The van der Waals surface area contributed by atoms with Gasteiger partial charge in [0.2, 0.25) is 0 Å². The Labute approximate surface area is 209 Å². The summed E-state index contributed by atoms with van der Waals surface area (Å²) < 4.78 is 77.0. The van der Waals surface area contributed by atoms with Crippen LogP contribution in [0.2, 0.25) is 0 Å². The van der Waals surface area contributed by atoms with Gasteiger partial charge in [-0.15, -0.1) is 0 Å². The van der Waals surface area contributed by atoms with Gasteiger partial charge in [0.05, 0.1) is 11.1 Å². The van der Waals surface area contributed by atoms with E-state index >= 15 is 0 Å². The molecule has 0 saturated carbocycles. The number of aryl methyl sites for hydroxylation is 1. The lowest BCUT2D eigenvalue weighted by molar-refractivity contribution is -0.178. The van der Waals surface area contributed by atoms with Crippen molar-refractivity contribution >= 4 is 50.9 Å². The third kappa shape index (κ3) is 7.20. The molecule has 3 atom stereocenters. The van der Waals surface area contributed by atoms with Crippen molar-refractivity contribution < 1.29 is 35.8 Å². The van der Waals surface area contributed by atoms with Crippen molar-refractivity contribution in [2.24, 2.45) is 0 Å². The van der Waals surface area contributed by atoms with Crippen LogP contribution >= 0.6 is 22.6 Å². The van der Waals surface area contributed by atoms with Crippen LogP contribution < -0.4 is 10.6 Å². The van der Waals surface area contributed by atoms with E-state index in [0.717, 1.165) is 18.2 Å². The quantitative estimate of drug-likeness (QED) is 0.314. The van der Waals surface area contributed by atoms with Gasteiger partial charge in [0.15, 0.2) is 0 Å². The zero-order chi connectivity index (χ0) is 25.8. The van der Waals surface area contributed by atoms with E-state index in [0.29, 0.717) is 3.57 Å². The number of alkyl halides is 5. The topological polar surface area (TPSA) is 75.3 Å². The zero-order valence-corrected chi connectivity index (χ0v) is 21.3. The molecule has 2 amide bonds. The van der Waals surface area contributed by atoms with E-state index < -0.39 is 52.7 Å². The lowest BCUT2D eigenvalue weighted by Crippen LogP contribution is -2.37. The molecule has 2 N–H and O–H groups in total. The average Bonchev–Trinajstić information content (AvgIpc) is 2.67. The van der Waals surface area contributed by atoms with Gasteiger partial charge >= 0.3 is 6.18 Å². The van der Waals surface area contributed by atoms with Crippen LogP contribution in [0.1, 0.15) is 44.7 Å². The van der Waals surface area contributed by atoms with Crippen LogP contribution in [0.5, 0.6) is 0 Å². The second kappa shape index (κ2) is 11.6. The predicted octanol–water partition coefficient (Wildman–Crippen LogP) is 5.26. The summed E-state index contributed by atoms with van der Waals surface area (Å²) in [6.07, 6.45) is -7.27. The summed E-state index contributed by atoms with van der Waals surface area (Å²) in [5, 5.41) is 5.22. The number of amides is 2. The summed E-state index contributed by atoms with van der Waals surface area (Å²) in [6, 6.07) is 7.14. The molecule has 0 spiro atoms. The molecule has 0 aliphatic heterocycles. The number of benzene rings is 2. The van der Waals surface area contributed by atoms with Gasteiger partial charge in [-0.2, -0.15) is 13.2 Å². The molecule has 0 bridgehead atoms. The maximum Gasteiger partial charge on any atom is 0.401 e. The molecule has 2 rings (SSSR count). The predicted molar refractivity (Wildman–Crippen MR) is 129 cm³/mol. The summed E-state index contributed by atoms with van der Waals surface area (Å²) in [6.45, 7) is 3.06. The van der Waals surface area contributed by atoms with Gasteiger partial charge in [0.1, 0.15) is 5.92 Å². The average molecular weight is 616 g/mol. The highest BCUT2D eigenvalue weighted by Crippen LogP contribution is 2.40. The summed E-state index contributed by atoms with van der Waals surface area (Å²) in [5.41, 5.74) is -0.258. The Balaban J connectivity index is 2.32. The minimum atomic E-state index is -5.13. The standard InChI is InChI=1S/C22H22F5IN2O3S/c1-11-9-13(18(19(23)24)22(25,26)27)7-8-16(11)30-20(31)14-5-4-6-15(28)17(14)21(32)29-12(2)10-34(3)33/h4-9,12,18-19H,10H2,1-3H3,(H,29,32)(H,30,31)/t12-,18?,34?/m0/s1. The monoisotopic (exact) mass is 616 g/mol. The molecule has 0 radical (unpaired) electrons. The van der Waals surface area contributed by atoms with Crippen LogP contribution in [-0.4, -0.2) is 46.7 Å². The van der Waals surface area contributed by atoms with Crippen molar-refractivity contribution in [2.45, 2.75) is 38.4 Å². The lowest BCUT2D eigenvalue weighted by atomic mass is 9.96. The first-order chi connectivity index (χ1) is 15.7. The SMILES string of the molecule is Cc1cc(C(C(F)F)C(F)(F)F)ccc1NC(=O)c1cccc(I)c1C(=O)N[C@@H](C)CS(C)=O. The zero-order valence-electron chi connectivity index (χ0n) is 18.3. The number of hydrogen-bond acceptors (Lipinski definition) is 3. The molecule has 2 unspecified atom stereocenters. The molecule has 5 nitrogen and oxygen atoms in total. The molecule has 2 aromatic rings. The molecular formula is C22H22F5IN2O3S. The fourth-order valence-corrected chi connectivity index (χ4v) is 4.85. The summed E-state index contributed by atoms with van der Waals surface area (Å²) >= 11 is 1.89. The van der Waals surface area contributed by atoms with E-state index in [-0.39, 0.29) is 28.1 Å². The third-order valence-corrected chi connectivity index (χ3v) is 6.68. The van der Waals surface area contributed by atoms with Crippen molar-refractivity contribution in [3.8, 4) is 0 Å². The number of nitrogens with one attached hydrogen (secondary N) is 2. The van der Waals surface area contributed by atoms with E-state index in [1.54, 1.807) is 19.1 Å². The fourth-order valence-electron chi connectivity index (χ4n) is 3.32. The lowest BCUT2D eigenvalue weighted by Gasteiger charge is -2.21. The maximum absolute atomic E-state index is 13.0. The van der Waals surface area contributed by atoms with Gasteiger partial charge in [-0.1, -0.05) is 18.2 Å². The van der Waals surface area contributed by atoms with E-state index in [4.69, 9.17) is 0 Å². The minimum absolute atomic E-state index is 0.0124. The van der Waals surface area contributed by atoms with Crippen LogP contribution in [-0.2, 0) is 10.8 Å². The molecule has 0 heterocycles. The molecule has 0 fully saturated rings. The first kappa shape index (κ1) is 28.1. The number of halogens is 6. The molecule has 34 heavy (non-hydrogen) atoms. The summed E-state index contributed by atoms with van der Waals surface area (Å²) in [4.78, 5) is 25.8. The van der Waals surface area contributed by atoms with Crippen molar-refractivity contribution in [3.63, 3.8) is 0 Å². The Hall–Kier alpha value is -2.09. The number of anilines is 1. The maximum atomic E-state index is 13.0. The molecule has 12 heteroatoms. The molecule has 186 valence electrons. The van der Waals surface area contributed by atoms with E-state index in [9.17, 15) is 35.8 Å². The van der Waals surface area contributed by atoms with Crippen molar-refractivity contribution in [1.82, 2.24) is 5.32 Å². The molecule has 0 aliphatic rings. The molecule has 0 aromatic heterocycles. The Bertz CT molecular complexity index is 1090. The van der Waals surface area contributed by atoms with Crippen LogP contribution in [0.3, 0.4) is 0 Å². The van der Waals surface area contributed by atoms with E-state index in [2.05, 4.69) is 10.6 Å². The second-order valence-electron chi connectivity index (χ2n) is 7.66. The van der Waals surface area contributed by atoms with E-state index in [1.165, 1.54) is 19.2 Å². The minimum Gasteiger partial charge on any atom is -0.349 e. The number of hydrogen-bond donors (Lipinski definition) is 2. The third-order valence-electron chi connectivity index (χ3n) is 4.81. The molecule has 0 saturated heterocycles. The molecular weight excluding hydrogens is 594 g/mol. The largest absolute Gasteiger partial charge is 0.401 e. The van der Waals surface area contributed by atoms with Crippen molar-refractivity contribution in [1.29, 1.82) is 0 Å². The molecule has 0 aliphatic carbocycles. The van der Waals surface area contributed by atoms with Gasteiger partial charge in [-0.3, -0.25) is 13.8 Å². The second-order valence-corrected chi connectivity index (χ2v) is 10.3. The van der Waals surface area contributed by atoms with Crippen molar-refractivity contribution in [2.75, 3.05) is 17.3 Å². The Kier molecular flexibility index (Phi) is 9.57.